The fourth-order valence-electron chi connectivity index (χ4n) is 2.74. The van der Waals surface area contributed by atoms with Crippen LogP contribution in [0.5, 0.6) is 5.75 Å². The highest BCUT2D eigenvalue weighted by atomic mass is 35.5. The minimum Gasteiger partial charge on any atom is -0.495 e. The third-order valence-corrected chi connectivity index (χ3v) is 6.33. The molecule has 3 rings (SSSR count). The number of nitrogens with zero attached hydrogens (tertiary/aromatic N) is 1. The highest BCUT2D eigenvalue weighted by Crippen LogP contribution is 2.27. The third-order valence-electron chi connectivity index (χ3n) is 4.23. The average Bonchev–Trinajstić information content (AvgIpc) is 2.67. The van der Waals surface area contributed by atoms with Gasteiger partial charge in [-0.15, -0.1) is 0 Å². The Morgan fingerprint density at radius 2 is 1.79 bits per heavy atom. The molecule has 0 saturated carbocycles. The second kappa shape index (κ2) is 8.18. The Morgan fingerprint density at radius 1 is 1.07 bits per heavy atom. The Morgan fingerprint density at radius 3 is 2.46 bits per heavy atom. The molecule has 0 fully saturated rings. The Balaban J connectivity index is 1.73. The van der Waals surface area contributed by atoms with Gasteiger partial charge in [0, 0.05) is 12.7 Å². The summed E-state index contributed by atoms with van der Waals surface area (Å²) in [4.78, 5) is 12.4. The number of sulfonamides is 1. The number of ether oxygens (including phenoxy) is 1. The molecule has 146 valence electrons. The van der Waals surface area contributed by atoms with Crippen molar-refractivity contribution in [2.45, 2.75) is 4.90 Å². The predicted octanol–water partition coefficient (Wildman–Crippen LogP) is 3.76. The molecule has 0 aliphatic carbocycles. The highest BCUT2D eigenvalue weighted by molar-refractivity contribution is 7.89. The summed E-state index contributed by atoms with van der Waals surface area (Å²) in [7, 11) is -0.952. The van der Waals surface area contributed by atoms with Crippen molar-refractivity contribution in [3.05, 3.63) is 65.7 Å². The van der Waals surface area contributed by atoms with Crippen molar-refractivity contribution < 1.29 is 17.9 Å². The molecular formula is C20H19ClN2O4S. The van der Waals surface area contributed by atoms with Gasteiger partial charge in [0.15, 0.2) is 0 Å². The summed E-state index contributed by atoms with van der Waals surface area (Å²) in [5.74, 6) is 0.00348. The molecule has 0 heterocycles. The SMILES string of the molecule is COc1ccc(NC(=O)CN(C)S(=O)(=O)c2ccc3ccccc3c2)cc1Cl. The van der Waals surface area contributed by atoms with Gasteiger partial charge in [0.1, 0.15) is 5.75 Å². The number of carbonyl (C=O) groups is 1. The number of methoxy groups -OCH3 is 1. The van der Waals surface area contributed by atoms with Gasteiger partial charge in [0.05, 0.1) is 23.6 Å². The summed E-state index contributed by atoms with van der Waals surface area (Å²) in [6, 6.07) is 17.1. The second-order valence-corrected chi connectivity index (χ2v) is 8.62. The van der Waals surface area contributed by atoms with Gasteiger partial charge in [0.25, 0.3) is 0 Å². The Labute approximate surface area is 168 Å². The van der Waals surface area contributed by atoms with E-state index in [-0.39, 0.29) is 11.4 Å². The van der Waals surface area contributed by atoms with Gasteiger partial charge >= 0.3 is 0 Å². The first-order valence-corrected chi connectivity index (χ1v) is 10.2. The standard InChI is InChI=1S/C20H19ClN2O4S/c1-23(13-20(24)22-16-8-10-19(27-2)18(21)12-16)28(25,26)17-9-7-14-5-3-4-6-15(14)11-17/h3-12H,13H2,1-2H3,(H,22,24). The van der Waals surface area contributed by atoms with E-state index in [4.69, 9.17) is 16.3 Å². The maximum atomic E-state index is 12.8. The van der Waals surface area contributed by atoms with Gasteiger partial charge in [0.2, 0.25) is 15.9 Å². The Kier molecular flexibility index (Phi) is 5.88. The van der Waals surface area contributed by atoms with E-state index < -0.39 is 15.9 Å². The number of hydrogen-bond donors (Lipinski definition) is 1. The van der Waals surface area contributed by atoms with E-state index in [1.165, 1.54) is 26.3 Å². The van der Waals surface area contributed by atoms with Crippen molar-refractivity contribution in [2.24, 2.45) is 0 Å². The first-order chi connectivity index (χ1) is 13.3. The van der Waals surface area contributed by atoms with E-state index >= 15 is 0 Å². The molecule has 0 unspecified atom stereocenters. The fourth-order valence-corrected chi connectivity index (χ4v) is 4.16. The highest BCUT2D eigenvalue weighted by Gasteiger charge is 2.23. The number of halogens is 1. The normalized spacial score (nSPS) is 11.6. The van der Waals surface area contributed by atoms with Gasteiger partial charge in [-0.05, 0) is 41.1 Å². The van der Waals surface area contributed by atoms with Crippen LogP contribution in [-0.2, 0) is 14.8 Å². The molecule has 1 N–H and O–H groups in total. The molecule has 0 bridgehead atoms. The van der Waals surface area contributed by atoms with Gasteiger partial charge in [-0.2, -0.15) is 4.31 Å². The zero-order valence-electron chi connectivity index (χ0n) is 15.3. The summed E-state index contributed by atoms with van der Waals surface area (Å²) in [6.45, 7) is -0.335. The molecule has 0 atom stereocenters. The lowest BCUT2D eigenvalue weighted by molar-refractivity contribution is -0.116. The monoisotopic (exact) mass is 418 g/mol. The van der Waals surface area contributed by atoms with Crippen LogP contribution in [-0.4, -0.2) is 39.3 Å². The maximum Gasteiger partial charge on any atom is 0.243 e. The zero-order chi connectivity index (χ0) is 20.3. The topological polar surface area (TPSA) is 75.7 Å². The van der Waals surface area contributed by atoms with Crippen molar-refractivity contribution in [3.63, 3.8) is 0 Å². The van der Waals surface area contributed by atoms with E-state index in [0.29, 0.717) is 16.5 Å². The number of fused-ring (bicyclic) bond motifs is 1. The minimum absolute atomic E-state index is 0.133. The lowest BCUT2D eigenvalue weighted by Crippen LogP contribution is -2.34. The van der Waals surface area contributed by atoms with Gasteiger partial charge in [-0.25, -0.2) is 8.42 Å². The molecule has 28 heavy (non-hydrogen) atoms. The number of likely N-dealkylation sites (N-methyl/N-ethyl adjacent to an activating group) is 1. The van der Waals surface area contributed by atoms with Gasteiger partial charge < -0.3 is 10.1 Å². The van der Waals surface area contributed by atoms with Gasteiger partial charge in [-0.3, -0.25) is 4.79 Å². The number of benzene rings is 3. The van der Waals surface area contributed by atoms with E-state index in [2.05, 4.69) is 5.32 Å². The number of nitrogens with one attached hydrogen (secondary N) is 1. The van der Waals surface area contributed by atoms with Crippen LogP contribution in [0.1, 0.15) is 0 Å². The summed E-state index contributed by atoms with van der Waals surface area (Å²) in [5.41, 5.74) is 0.451. The summed E-state index contributed by atoms with van der Waals surface area (Å²) in [5, 5.41) is 4.73. The van der Waals surface area contributed by atoms with Crippen molar-refractivity contribution in [1.82, 2.24) is 4.31 Å². The molecule has 6 nitrogen and oxygen atoms in total. The summed E-state index contributed by atoms with van der Waals surface area (Å²) < 4.78 is 31.7. The van der Waals surface area contributed by atoms with Crippen molar-refractivity contribution in [2.75, 3.05) is 26.0 Å². The van der Waals surface area contributed by atoms with E-state index in [1.54, 1.807) is 24.3 Å². The van der Waals surface area contributed by atoms with Crippen molar-refractivity contribution in [3.8, 4) is 5.75 Å². The first-order valence-electron chi connectivity index (χ1n) is 8.40. The molecule has 0 aromatic heterocycles. The quantitative estimate of drug-likeness (QED) is 0.661. The zero-order valence-corrected chi connectivity index (χ0v) is 16.9. The van der Waals surface area contributed by atoms with Crippen LogP contribution >= 0.6 is 11.6 Å². The predicted molar refractivity (Wildman–Crippen MR) is 110 cm³/mol. The van der Waals surface area contributed by atoms with Crippen molar-refractivity contribution in [1.29, 1.82) is 0 Å². The summed E-state index contributed by atoms with van der Waals surface area (Å²) in [6.07, 6.45) is 0. The fraction of sp³-hybridized carbons (Fsp3) is 0.150. The van der Waals surface area contributed by atoms with Crippen LogP contribution in [0.25, 0.3) is 10.8 Å². The molecule has 8 heteroatoms. The molecule has 3 aromatic rings. The third kappa shape index (κ3) is 4.27. The van der Waals surface area contributed by atoms with Crippen LogP contribution < -0.4 is 10.1 Å². The number of rotatable bonds is 6. The number of anilines is 1. The molecule has 0 radical (unpaired) electrons. The largest absolute Gasteiger partial charge is 0.495 e. The molecule has 3 aromatic carbocycles. The van der Waals surface area contributed by atoms with Crippen LogP contribution in [0.4, 0.5) is 5.69 Å². The number of carbonyl (C=O) groups excluding carboxylic acids is 1. The number of amides is 1. The first kappa shape index (κ1) is 20.1. The lowest BCUT2D eigenvalue weighted by Gasteiger charge is -2.17. The molecule has 0 saturated heterocycles. The van der Waals surface area contributed by atoms with Crippen molar-refractivity contribution >= 4 is 44.0 Å². The van der Waals surface area contributed by atoms with E-state index in [0.717, 1.165) is 15.1 Å². The maximum absolute atomic E-state index is 12.8. The van der Waals surface area contributed by atoms with Crippen LogP contribution in [0, 0.1) is 0 Å². The lowest BCUT2D eigenvalue weighted by atomic mass is 10.1. The second-order valence-electron chi connectivity index (χ2n) is 6.17. The van der Waals surface area contributed by atoms with Crippen LogP contribution in [0.15, 0.2) is 65.6 Å². The minimum atomic E-state index is -3.81. The van der Waals surface area contributed by atoms with Crippen LogP contribution in [0.3, 0.4) is 0 Å². The smallest absolute Gasteiger partial charge is 0.243 e. The van der Waals surface area contributed by atoms with E-state index in [1.807, 2.05) is 24.3 Å². The Hall–Kier alpha value is -2.61. The van der Waals surface area contributed by atoms with Gasteiger partial charge in [-0.1, -0.05) is 41.9 Å². The van der Waals surface area contributed by atoms with Crippen LogP contribution in [0.2, 0.25) is 5.02 Å². The molecule has 0 aliphatic heterocycles. The number of hydrogen-bond acceptors (Lipinski definition) is 4. The van der Waals surface area contributed by atoms with E-state index in [9.17, 15) is 13.2 Å². The molecule has 0 aliphatic rings. The Bertz CT molecular complexity index is 1130. The average molecular weight is 419 g/mol. The molecular weight excluding hydrogens is 400 g/mol. The molecule has 0 spiro atoms. The summed E-state index contributed by atoms with van der Waals surface area (Å²) >= 11 is 6.04. The molecule has 1 amide bonds.